The van der Waals surface area contributed by atoms with Crippen LogP contribution in [-0.2, 0) is 16.1 Å². The van der Waals surface area contributed by atoms with Crippen LogP contribution >= 0.6 is 0 Å². The number of carbonyl (C=O) groups is 2. The van der Waals surface area contributed by atoms with Crippen molar-refractivity contribution in [2.75, 3.05) is 24.3 Å². The number of anilines is 2. The predicted octanol–water partition coefficient (Wildman–Crippen LogP) is 5.83. The summed E-state index contributed by atoms with van der Waals surface area (Å²) in [5, 5.41) is 3.04. The van der Waals surface area contributed by atoms with Gasteiger partial charge in [-0.25, -0.2) is 0 Å². The highest BCUT2D eigenvalue weighted by Crippen LogP contribution is 2.31. The summed E-state index contributed by atoms with van der Waals surface area (Å²) >= 11 is 0. The van der Waals surface area contributed by atoms with Crippen molar-refractivity contribution in [2.45, 2.75) is 92.2 Å². The Labute approximate surface area is 189 Å². The van der Waals surface area contributed by atoms with Crippen LogP contribution in [0.5, 0.6) is 0 Å². The summed E-state index contributed by atoms with van der Waals surface area (Å²) in [6.07, 6.45) is 6.86. The van der Waals surface area contributed by atoms with E-state index in [1.54, 1.807) is 0 Å². The standard InChI is InChI=1S/C26H43N3O2/c1-19(2)15-24(30)27-21-13-14-23(28(6)7)20(16-21)18-29(22-11-9-8-10-12-22)25(31)17-26(3,4)5/h13-14,16,19,22H,8-12,15,17-18H2,1-7H3,(H,27,30). The first-order chi connectivity index (χ1) is 14.5. The molecule has 2 amide bonds. The Morgan fingerprint density at radius 1 is 1.10 bits per heavy atom. The molecule has 1 aliphatic carbocycles. The van der Waals surface area contributed by atoms with Gasteiger partial charge in [0.2, 0.25) is 11.8 Å². The monoisotopic (exact) mass is 429 g/mol. The van der Waals surface area contributed by atoms with E-state index in [2.05, 4.69) is 35.9 Å². The summed E-state index contributed by atoms with van der Waals surface area (Å²) < 4.78 is 0. The van der Waals surface area contributed by atoms with Gasteiger partial charge in [-0.15, -0.1) is 0 Å². The van der Waals surface area contributed by atoms with E-state index in [-0.39, 0.29) is 17.2 Å². The topological polar surface area (TPSA) is 52.7 Å². The Morgan fingerprint density at radius 3 is 2.29 bits per heavy atom. The number of hydrogen-bond acceptors (Lipinski definition) is 3. The first-order valence-corrected chi connectivity index (χ1v) is 11.9. The van der Waals surface area contributed by atoms with Crippen LogP contribution in [0, 0.1) is 11.3 Å². The van der Waals surface area contributed by atoms with Gasteiger partial charge < -0.3 is 15.1 Å². The lowest BCUT2D eigenvalue weighted by atomic mass is 9.89. The van der Waals surface area contributed by atoms with Gasteiger partial charge in [-0.2, -0.15) is 0 Å². The zero-order chi connectivity index (χ0) is 23.2. The number of hydrogen-bond donors (Lipinski definition) is 1. The average molecular weight is 430 g/mol. The summed E-state index contributed by atoms with van der Waals surface area (Å²) in [7, 11) is 4.05. The molecular formula is C26H43N3O2. The van der Waals surface area contributed by atoms with E-state index in [0.717, 1.165) is 29.8 Å². The summed E-state index contributed by atoms with van der Waals surface area (Å²) in [5.74, 6) is 0.585. The highest BCUT2D eigenvalue weighted by Gasteiger charge is 2.29. The Kier molecular flexibility index (Phi) is 8.96. The maximum Gasteiger partial charge on any atom is 0.224 e. The first-order valence-electron chi connectivity index (χ1n) is 11.9. The molecule has 0 aliphatic heterocycles. The lowest BCUT2D eigenvalue weighted by Crippen LogP contribution is -2.42. The maximum absolute atomic E-state index is 13.4. The van der Waals surface area contributed by atoms with Gasteiger partial charge in [0.15, 0.2) is 0 Å². The summed E-state index contributed by atoms with van der Waals surface area (Å²) in [4.78, 5) is 29.9. The van der Waals surface area contributed by atoms with Crippen LogP contribution in [0.1, 0.15) is 85.1 Å². The molecule has 0 radical (unpaired) electrons. The summed E-state index contributed by atoms with van der Waals surface area (Å²) in [6.45, 7) is 11.0. The molecular weight excluding hydrogens is 386 g/mol. The third kappa shape index (κ3) is 8.19. The second-order valence-corrected chi connectivity index (χ2v) is 10.9. The lowest BCUT2D eigenvalue weighted by Gasteiger charge is -2.37. The molecule has 0 heterocycles. The number of nitrogens with one attached hydrogen (secondary N) is 1. The molecule has 0 spiro atoms. The molecule has 1 N–H and O–H groups in total. The zero-order valence-corrected chi connectivity index (χ0v) is 20.8. The van der Waals surface area contributed by atoms with Crippen LogP contribution in [0.4, 0.5) is 11.4 Å². The highest BCUT2D eigenvalue weighted by molar-refractivity contribution is 5.91. The van der Waals surface area contributed by atoms with Crippen LogP contribution in [0.2, 0.25) is 0 Å². The zero-order valence-electron chi connectivity index (χ0n) is 20.8. The molecule has 0 saturated heterocycles. The van der Waals surface area contributed by atoms with Crippen molar-refractivity contribution in [3.63, 3.8) is 0 Å². The van der Waals surface area contributed by atoms with Crippen molar-refractivity contribution in [2.24, 2.45) is 11.3 Å². The highest BCUT2D eigenvalue weighted by atomic mass is 16.2. The van der Waals surface area contributed by atoms with Gasteiger partial charge in [0, 0.05) is 50.9 Å². The molecule has 1 saturated carbocycles. The van der Waals surface area contributed by atoms with Crippen molar-refractivity contribution in [1.82, 2.24) is 4.90 Å². The minimum atomic E-state index is -0.0406. The molecule has 5 nitrogen and oxygen atoms in total. The molecule has 1 aromatic carbocycles. The maximum atomic E-state index is 13.4. The van der Waals surface area contributed by atoms with E-state index in [9.17, 15) is 9.59 Å². The van der Waals surface area contributed by atoms with Gasteiger partial charge in [0.05, 0.1) is 0 Å². The molecule has 5 heteroatoms. The van der Waals surface area contributed by atoms with Gasteiger partial charge >= 0.3 is 0 Å². The Balaban J connectivity index is 2.32. The smallest absolute Gasteiger partial charge is 0.224 e. The van der Waals surface area contributed by atoms with Crippen LogP contribution < -0.4 is 10.2 Å². The van der Waals surface area contributed by atoms with Gasteiger partial charge in [0.1, 0.15) is 0 Å². The largest absolute Gasteiger partial charge is 0.377 e. The van der Waals surface area contributed by atoms with Gasteiger partial charge in [0.25, 0.3) is 0 Å². The number of nitrogens with zero attached hydrogens (tertiary/aromatic N) is 2. The van der Waals surface area contributed by atoms with E-state index in [0.29, 0.717) is 31.3 Å². The van der Waals surface area contributed by atoms with E-state index in [1.807, 2.05) is 46.1 Å². The van der Waals surface area contributed by atoms with Crippen LogP contribution in [0.3, 0.4) is 0 Å². The SMILES string of the molecule is CC(C)CC(=O)Nc1ccc(N(C)C)c(CN(C(=O)CC(C)(C)C)C2CCCCC2)c1. The molecule has 0 bridgehead atoms. The normalized spacial score (nSPS) is 15.1. The number of amides is 2. The Bertz CT molecular complexity index is 744. The van der Waals surface area contributed by atoms with E-state index < -0.39 is 0 Å². The van der Waals surface area contributed by atoms with Crippen molar-refractivity contribution in [3.05, 3.63) is 23.8 Å². The van der Waals surface area contributed by atoms with Crippen LogP contribution in [0.15, 0.2) is 18.2 Å². The Morgan fingerprint density at radius 2 is 1.74 bits per heavy atom. The first kappa shape index (κ1) is 25.2. The van der Waals surface area contributed by atoms with Gasteiger partial charge in [-0.05, 0) is 47.9 Å². The number of rotatable bonds is 8. The third-order valence-electron chi connectivity index (χ3n) is 5.80. The second-order valence-electron chi connectivity index (χ2n) is 10.9. The number of benzene rings is 1. The molecule has 0 unspecified atom stereocenters. The predicted molar refractivity (Wildman–Crippen MR) is 130 cm³/mol. The summed E-state index contributed by atoms with van der Waals surface area (Å²) in [6, 6.07) is 6.36. The van der Waals surface area contributed by atoms with Crippen molar-refractivity contribution < 1.29 is 9.59 Å². The fourth-order valence-electron chi connectivity index (χ4n) is 4.36. The van der Waals surface area contributed by atoms with E-state index in [1.165, 1.54) is 19.3 Å². The molecule has 2 rings (SSSR count). The number of carbonyl (C=O) groups excluding carboxylic acids is 2. The van der Waals surface area contributed by atoms with E-state index >= 15 is 0 Å². The quantitative estimate of drug-likeness (QED) is 0.565. The van der Waals surface area contributed by atoms with Crippen LogP contribution in [-0.4, -0.2) is 36.9 Å². The minimum Gasteiger partial charge on any atom is -0.377 e. The molecule has 1 fully saturated rings. The molecule has 0 aromatic heterocycles. The average Bonchev–Trinajstić information content (AvgIpc) is 2.64. The van der Waals surface area contributed by atoms with Gasteiger partial charge in [-0.1, -0.05) is 53.9 Å². The van der Waals surface area contributed by atoms with Gasteiger partial charge in [-0.3, -0.25) is 9.59 Å². The van der Waals surface area contributed by atoms with Crippen molar-refractivity contribution in [1.29, 1.82) is 0 Å². The van der Waals surface area contributed by atoms with E-state index in [4.69, 9.17) is 0 Å². The fraction of sp³-hybridized carbons (Fsp3) is 0.692. The third-order valence-corrected chi connectivity index (χ3v) is 5.80. The molecule has 0 atom stereocenters. The molecule has 1 aromatic rings. The second kappa shape index (κ2) is 11.0. The Hall–Kier alpha value is -2.04. The lowest BCUT2D eigenvalue weighted by molar-refractivity contribution is -0.137. The van der Waals surface area contributed by atoms with Crippen molar-refractivity contribution >= 4 is 23.2 Å². The summed E-state index contributed by atoms with van der Waals surface area (Å²) in [5.41, 5.74) is 2.94. The van der Waals surface area contributed by atoms with Crippen molar-refractivity contribution in [3.8, 4) is 0 Å². The fourth-order valence-corrected chi connectivity index (χ4v) is 4.36. The molecule has 1 aliphatic rings. The van der Waals surface area contributed by atoms with Crippen LogP contribution in [0.25, 0.3) is 0 Å². The molecule has 31 heavy (non-hydrogen) atoms. The minimum absolute atomic E-state index is 0.0338. The molecule has 174 valence electrons.